The molecular formula is C21H16ClN3O2. The van der Waals surface area contributed by atoms with Crippen molar-refractivity contribution in [3.63, 3.8) is 0 Å². The molecule has 5 nitrogen and oxygen atoms in total. The van der Waals surface area contributed by atoms with Crippen molar-refractivity contribution in [2.75, 3.05) is 11.9 Å². The fourth-order valence-corrected chi connectivity index (χ4v) is 2.86. The van der Waals surface area contributed by atoms with Crippen LogP contribution in [0.2, 0.25) is 5.02 Å². The standard InChI is InChI=1S/C21H16ClN3O2/c22-15-8-11-18-19(12-15)25-21(24-18)14-6-9-16(10-7-14)23-20(26)13-27-17-4-2-1-3-5-17/h1-12H,13H2,(H,23,26)(H,24,25). The van der Waals surface area contributed by atoms with Crippen LogP contribution >= 0.6 is 11.6 Å². The average molecular weight is 378 g/mol. The van der Waals surface area contributed by atoms with Crippen LogP contribution in [-0.4, -0.2) is 22.5 Å². The van der Waals surface area contributed by atoms with E-state index in [-0.39, 0.29) is 12.5 Å². The predicted molar refractivity (Wildman–Crippen MR) is 107 cm³/mol. The van der Waals surface area contributed by atoms with Crippen molar-refractivity contribution >= 4 is 34.2 Å². The van der Waals surface area contributed by atoms with Gasteiger partial charge in [-0.1, -0.05) is 29.8 Å². The van der Waals surface area contributed by atoms with Gasteiger partial charge < -0.3 is 15.0 Å². The van der Waals surface area contributed by atoms with Crippen LogP contribution in [0.15, 0.2) is 72.8 Å². The lowest BCUT2D eigenvalue weighted by molar-refractivity contribution is -0.118. The molecule has 0 saturated carbocycles. The van der Waals surface area contributed by atoms with Gasteiger partial charge in [0.25, 0.3) is 5.91 Å². The van der Waals surface area contributed by atoms with Crippen molar-refractivity contribution in [2.24, 2.45) is 0 Å². The zero-order chi connectivity index (χ0) is 18.6. The van der Waals surface area contributed by atoms with E-state index in [4.69, 9.17) is 16.3 Å². The smallest absolute Gasteiger partial charge is 0.262 e. The molecule has 1 aromatic heterocycles. The maximum atomic E-state index is 12.0. The lowest BCUT2D eigenvalue weighted by atomic mass is 10.2. The van der Waals surface area contributed by atoms with Gasteiger partial charge in [-0.25, -0.2) is 4.98 Å². The Labute approximate surface area is 161 Å². The van der Waals surface area contributed by atoms with Crippen molar-refractivity contribution in [1.29, 1.82) is 0 Å². The number of amides is 1. The normalized spacial score (nSPS) is 10.7. The van der Waals surface area contributed by atoms with Gasteiger partial charge in [0.1, 0.15) is 11.6 Å². The molecule has 0 unspecified atom stereocenters. The van der Waals surface area contributed by atoms with Crippen LogP contribution < -0.4 is 10.1 Å². The molecule has 0 aliphatic heterocycles. The number of aromatic amines is 1. The largest absolute Gasteiger partial charge is 0.484 e. The van der Waals surface area contributed by atoms with Crippen molar-refractivity contribution in [3.05, 3.63) is 77.8 Å². The molecule has 4 aromatic rings. The summed E-state index contributed by atoms with van der Waals surface area (Å²) >= 11 is 6.01. The Bertz CT molecular complexity index is 1080. The highest BCUT2D eigenvalue weighted by molar-refractivity contribution is 6.31. The average Bonchev–Trinajstić information content (AvgIpc) is 3.11. The molecule has 0 atom stereocenters. The molecular weight excluding hydrogens is 362 g/mol. The molecule has 2 N–H and O–H groups in total. The summed E-state index contributed by atoms with van der Waals surface area (Å²) in [4.78, 5) is 19.8. The zero-order valence-corrected chi connectivity index (χ0v) is 15.0. The highest BCUT2D eigenvalue weighted by atomic mass is 35.5. The molecule has 0 radical (unpaired) electrons. The predicted octanol–water partition coefficient (Wildman–Crippen LogP) is 4.90. The maximum Gasteiger partial charge on any atom is 0.262 e. The van der Waals surface area contributed by atoms with E-state index in [9.17, 15) is 4.79 Å². The first-order valence-electron chi connectivity index (χ1n) is 8.41. The lowest BCUT2D eigenvalue weighted by Gasteiger charge is -2.07. The Kier molecular flexibility index (Phi) is 4.77. The summed E-state index contributed by atoms with van der Waals surface area (Å²) in [6.07, 6.45) is 0. The van der Waals surface area contributed by atoms with Crippen LogP contribution in [0, 0.1) is 0 Å². The molecule has 0 aliphatic carbocycles. The summed E-state index contributed by atoms with van der Waals surface area (Å²) < 4.78 is 5.44. The van der Waals surface area contributed by atoms with Crippen molar-refractivity contribution < 1.29 is 9.53 Å². The van der Waals surface area contributed by atoms with Gasteiger partial charge in [-0.05, 0) is 54.6 Å². The van der Waals surface area contributed by atoms with E-state index in [1.165, 1.54) is 0 Å². The van der Waals surface area contributed by atoms with Gasteiger partial charge in [-0.2, -0.15) is 0 Å². The molecule has 1 heterocycles. The molecule has 0 saturated heterocycles. The van der Waals surface area contributed by atoms with Crippen molar-refractivity contribution in [1.82, 2.24) is 9.97 Å². The molecule has 0 aliphatic rings. The number of carbonyl (C=O) groups excluding carboxylic acids is 1. The number of rotatable bonds is 5. The van der Waals surface area contributed by atoms with Gasteiger partial charge >= 0.3 is 0 Å². The van der Waals surface area contributed by atoms with Gasteiger partial charge in [-0.15, -0.1) is 0 Å². The van der Waals surface area contributed by atoms with Crippen LogP contribution in [0.25, 0.3) is 22.4 Å². The van der Waals surface area contributed by atoms with E-state index in [2.05, 4.69) is 15.3 Å². The molecule has 1 amide bonds. The number of aromatic nitrogens is 2. The van der Waals surface area contributed by atoms with Crippen LogP contribution in [0.4, 0.5) is 5.69 Å². The Morgan fingerprint density at radius 2 is 1.81 bits per heavy atom. The topological polar surface area (TPSA) is 67.0 Å². The van der Waals surface area contributed by atoms with Crippen molar-refractivity contribution in [3.8, 4) is 17.1 Å². The second-order valence-corrected chi connectivity index (χ2v) is 6.41. The molecule has 0 fully saturated rings. The van der Waals surface area contributed by atoms with Crippen LogP contribution in [-0.2, 0) is 4.79 Å². The highest BCUT2D eigenvalue weighted by Gasteiger charge is 2.07. The number of ether oxygens (including phenoxy) is 1. The number of hydrogen-bond acceptors (Lipinski definition) is 3. The minimum atomic E-state index is -0.218. The van der Waals surface area contributed by atoms with Gasteiger partial charge in [0.05, 0.1) is 11.0 Å². The summed E-state index contributed by atoms with van der Waals surface area (Å²) in [6, 6.07) is 22.2. The first kappa shape index (κ1) is 17.1. The monoisotopic (exact) mass is 377 g/mol. The minimum Gasteiger partial charge on any atom is -0.484 e. The Morgan fingerprint density at radius 3 is 2.59 bits per heavy atom. The van der Waals surface area contributed by atoms with E-state index >= 15 is 0 Å². The Morgan fingerprint density at radius 1 is 1.04 bits per heavy atom. The Balaban J connectivity index is 1.41. The molecule has 4 rings (SSSR count). The van der Waals surface area contributed by atoms with E-state index in [0.717, 1.165) is 22.4 Å². The SMILES string of the molecule is O=C(COc1ccccc1)Nc1ccc(-c2nc3ccc(Cl)cc3[nH]2)cc1. The van der Waals surface area contributed by atoms with Gasteiger partial charge in [0.15, 0.2) is 6.61 Å². The van der Waals surface area contributed by atoms with Crippen molar-refractivity contribution in [2.45, 2.75) is 0 Å². The third kappa shape index (κ3) is 4.10. The highest BCUT2D eigenvalue weighted by Crippen LogP contribution is 2.24. The number of benzene rings is 3. The van der Waals surface area contributed by atoms with Gasteiger partial charge in [-0.3, -0.25) is 4.79 Å². The van der Waals surface area contributed by atoms with E-state index < -0.39 is 0 Å². The van der Waals surface area contributed by atoms with E-state index in [1.54, 1.807) is 0 Å². The number of imidazole rings is 1. The van der Waals surface area contributed by atoms with Gasteiger partial charge in [0.2, 0.25) is 0 Å². The minimum absolute atomic E-state index is 0.0455. The first-order valence-corrected chi connectivity index (χ1v) is 8.78. The summed E-state index contributed by atoms with van der Waals surface area (Å²) in [5.74, 6) is 1.19. The number of nitrogens with one attached hydrogen (secondary N) is 2. The van der Waals surface area contributed by atoms with E-state index in [0.29, 0.717) is 16.5 Å². The lowest BCUT2D eigenvalue weighted by Crippen LogP contribution is -2.20. The fourth-order valence-electron chi connectivity index (χ4n) is 2.69. The second-order valence-electron chi connectivity index (χ2n) is 5.97. The summed E-state index contributed by atoms with van der Waals surface area (Å²) in [5, 5.41) is 3.47. The molecule has 0 spiro atoms. The number of para-hydroxylation sites is 1. The molecule has 3 aromatic carbocycles. The maximum absolute atomic E-state index is 12.0. The molecule has 6 heteroatoms. The number of hydrogen-bond donors (Lipinski definition) is 2. The Hall–Kier alpha value is -3.31. The van der Waals surface area contributed by atoms with Crippen LogP contribution in [0.3, 0.4) is 0 Å². The number of nitrogens with zero attached hydrogens (tertiary/aromatic N) is 1. The van der Waals surface area contributed by atoms with Crippen LogP contribution in [0.1, 0.15) is 0 Å². The number of halogens is 1. The summed E-state index contributed by atoms with van der Waals surface area (Å²) in [7, 11) is 0. The number of fused-ring (bicyclic) bond motifs is 1. The second kappa shape index (κ2) is 7.51. The molecule has 134 valence electrons. The van der Waals surface area contributed by atoms with E-state index in [1.807, 2.05) is 72.8 Å². The van der Waals surface area contributed by atoms with Crippen LogP contribution in [0.5, 0.6) is 5.75 Å². The zero-order valence-electron chi connectivity index (χ0n) is 14.3. The molecule has 27 heavy (non-hydrogen) atoms. The van der Waals surface area contributed by atoms with Gasteiger partial charge in [0, 0.05) is 16.3 Å². The molecule has 0 bridgehead atoms. The quantitative estimate of drug-likeness (QED) is 0.519. The fraction of sp³-hybridized carbons (Fsp3) is 0.0476. The first-order chi connectivity index (χ1) is 13.2. The number of carbonyl (C=O) groups is 1. The summed E-state index contributed by atoms with van der Waals surface area (Å²) in [5.41, 5.74) is 3.35. The number of anilines is 1. The third-order valence-corrected chi connectivity index (χ3v) is 4.23. The third-order valence-electron chi connectivity index (χ3n) is 4.00. The number of H-pyrrole nitrogens is 1. The summed E-state index contributed by atoms with van der Waals surface area (Å²) in [6.45, 7) is -0.0455.